The van der Waals surface area contributed by atoms with E-state index >= 15 is 0 Å². The van der Waals surface area contributed by atoms with Crippen LogP contribution in [0.15, 0.2) is 65.2 Å². The number of hydrogen-bond donors (Lipinski definition) is 1. The van der Waals surface area contributed by atoms with Crippen LogP contribution in [0.2, 0.25) is 0 Å². The first-order chi connectivity index (χ1) is 21.0. The predicted octanol–water partition coefficient (Wildman–Crippen LogP) is 3.58. The smallest absolute Gasteiger partial charge is 0.356 e. The minimum atomic E-state index is -0.874. The number of carbonyl (C=O) groups excluding carboxylic acids is 3. The molecule has 6 atom stereocenters. The molecule has 3 heterocycles. The molecule has 5 rings (SSSR count). The monoisotopic (exact) mass is 625 g/mol. The van der Waals surface area contributed by atoms with E-state index in [1.54, 1.807) is 6.92 Å². The van der Waals surface area contributed by atoms with Crippen molar-refractivity contribution in [3.8, 4) is 0 Å². The third-order valence-electron chi connectivity index (χ3n) is 8.11. The molecule has 2 aromatic rings. The van der Waals surface area contributed by atoms with Gasteiger partial charge in [-0.15, -0.1) is 11.8 Å². The van der Waals surface area contributed by atoms with Crippen LogP contribution in [0.5, 0.6) is 0 Å². The van der Waals surface area contributed by atoms with Gasteiger partial charge in [-0.1, -0.05) is 37.3 Å². The first-order valence-electron chi connectivity index (χ1n) is 14.4. The fourth-order valence-corrected chi connectivity index (χ4v) is 7.31. The molecule has 6 unspecified atom stereocenters. The number of rotatable bonds is 12. The molecule has 0 radical (unpaired) electrons. The summed E-state index contributed by atoms with van der Waals surface area (Å²) in [5, 5.41) is 22.5. The summed E-state index contributed by atoms with van der Waals surface area (Å²) in [5.41, 5.74) is 1.59. The lowest BCUT2D eigenvalue weighted by Gasteiger charge is -2.46. The number of nitro groups is 1. The number of benzene rings is 2. The van der Waals surface area contributed by atoms with Gasteiger partial charge in [-0.2, -0.15) is 0 Å². The van der Waals surface area contributed by atoms with Gasteiger partial charge in [-0.3, -0.25) is 24.5 Å². The van der Waals surface area contributed by atoms with Crippen molar-refractivity contribution in [3.63, 3.8) is 0 Å². The van der Waals surface area contributed by atoms with Gasteiger partial charge in [0.1, 0.15) is 18.9 Å². The molecule has 0 bridgehead atoms. The highest BCUT2D eigenvalue weighted by Crippen LogP contribution is 2.52. The fourth-order valence-electron chi connectivity index (χ4n) is 5.85. The quantitative estimate of drug-likeness (QED) is 0.161. The summed E-state index contributed by atoms with van der Waals surface area (Å²) in [5.74, 6) is -2.09. The lowest BCUT2D eigenvalue weighted by molar-refractivity contribution is -0.384. The van der Waals surface area contributed by atoms with E-state index in [-0.39, 0.29) is 66.3 Å². The van der Waals surface area contributed by atoms with Gasteiger partial charge in [-0.25, -0.2) is 9.86 Å². The number of hydroxylamine groups is 2. The maximum absolute atomic E-state index is 13.5. The molecule has 3 aliphatic heterocycles. The summed E-state index contributed by atoms with van der Waals surface area (Å²) in [6.07, 6.45) is -0.574. The van der Waals surface area contributed by atoms with Gasteiger partial charge in [0.2, 0.25) is 11.8 Å². The van der Waals surface area contributed by atoms with Crippen LogP contribution >= 0.6 is 11.8 Å². The van der Waals surface area contributed by atoms with Crippen molar-refractivity contribution in [1.29, 1.82) is 0 Å². The summed E-state index contributed by atoms with van der Waals surface area (Å²) in [7, 11) is 0. The van der Waals surface area contributed by atoms with Crippen molar-refractivity contribution in [3.05, 3.63) is 86.4 Å². The Morgan fingerprint density at radius 3 is 2.48 bits per heavy atom. The molecule has 234 valence electrons. The number of hydrogen-bond acceptors (Lipinski definition) is 10. The number of esters is 1. The number of thioether (sulfide) groups is 1. The number of amides is 2. The molecule has 3 aliphatic rings. The summed E-state index contributed by atoms with van der Waals surface area (Å²) >= 11 is 1.46. The second kappa shape index (κ2) is 13.5. The number of nitro benzene ring substituents is 1. The van der Waals surface area contributed by atoms with E-state index in [4.69, 9.17) is 14.3 Å². The Kier molecular flexibility index (Phi) is 9.68. The van der Waals surface area contributed by atoms with Crippen LogP contribution in [0.4, 0.5) is 5.69 Å². The number of carbonyl (C=O) groups is 3. The summed E-state index contributed by atoms with van der Waals surface area (Å²) in [6, 6.07) is 14.9. The molecule has 1 N–H and O–H groups in total. The Morgan fingerprint density at radius 2 is 1.84 bits per heavy atom. The lowest BCUT2D eigenvalue weighted by Crippen LogP contribution is -2.63. The third-order valence-corrected chi connectivity index (χ3v) is 9.59. The Bertz CT molecular complexity index is 1430. The average Bonchev–Trinajstić information content (AvgIpc) is 3.54. The average molecular weight is 626 g/mol. The van der Waals surface area contributed by atoms with E-state index in [2.05, 4.69) is 0 Å². The van der Waals surface area contributed by atoms with Crippen molar-refractivity contribution in [2.45, 2.75) is 63.9 Å². The van der Waals surface area contributed by atoms with Crippen LogP contribution in [0, 0.1) is 22.0 Å². The Morgan fingerprint density at radius 1 is 1.16 bits per heavy atom. The van der Waals surface area contributed by atoms with Gasteiger partial charge >= 0.3 is 5.97 Å². The molecule has 2 amide bonds. The predicted molar refractivity (Wildman–Crippen MR) is 159 cm³/mol. The van der Waals surface area contributed by atoms with E-state index in [0.717, 1.165) is 5.56 Å². The number of aliphatic hydroxyl groups excluding tert-OH is 1. The van der Waals surface area contributed by atoms with Crippen LogP contribution in [0.3, 0.4) is 0 Å². The summed E-state index contributed by atoms with van der Waals surface area (Å²) < 4.78 is 11.6. The van der Waals surface area contributed by atoms with Crippen molar-refractivity contribution in [1.82, 2.24) is 9.96 Å². The molecule has 2 aromatic carbocycles. The SMILES string of the molecule is CC(=O)N(CC1CC(SC2=C(C(=O)OCc3ccc([N+](=O)[O-])cc3)N3C(=O)C(C(C)O)C3C2C)CO1)OCc1ccccc1. The first kappa shape index (κ1) is 31.6. The standard InChI is InChI=1S/C31H35N3O9S/c1-18-27-26(19(2)35)30(37)33(27)28(31(38)42-15-22-9-11-23(12-10-22)34(39)40)29(18)44-25-13-24(41-17-25)14-32(20(3)36)43-16-21-7-5-4-6-8-21/h4-12,18-19,24-27,35H,13-17H2,1-3H3. The molecular formula is C31H35N3O9S. The van der Waals surface area contributed by atoms with Crippen molar-refractivity contribution < 1.29 is 38.7 Å². The number of ether oxygens (including phenoxy) is 2. The molecule has 44 heavy (non-hydrogen) atoms. The van der Waals surface area contributed by atoms with Crippen LogP contribution < -0.4 is 0 Å². The highest BCUT2D eigenvalue weighted by atomic mass is 32.2. The van der Waals surface area contributed by atoms with Gasteiger partial charge < -0.3 is 19.5 Å². The minimum absolute atomic E-state index is 0.0587. The van der Waals surface area contributed by atoms with Gasteiger partial charge in [0, 0.05) is 35.1 Å². The van der Waals surface area contributed by atoms with Crippen LogP contribution in [0.25, 0.3) is 0 Å². The molecule has 2 saturated heterocycles. The number of fused-ring (bicyclic) bond motifs is 1. The first-order valence-corrected chi connectivity index (χ1v) is 15.3. The minimum Gasteiger partial charge on any atom is -0.456 e. The molecule has 13 heteroatoms. The van der Waals surface area contributed by atoms with E-state index in [9.17, 15) is 29.6 Å². The molecule has 12 nitrogen and oxygen atoms in total. The maximum Gasteiger partial charge on any atom is 0.356 e. The topological polar surface area (TPSA) is 149 Å². The molecule has 2 fully saturated rings. The second-order valence-corrected chi connectivity index (χ2v) is 12.6. The molecule has 0 spiro atoms. The van der Waals surface area contributed by atoms with Gasteiger partial charge in [0.25, 0.3) is 5.69 Å². The largest absolute Gasteiger partial charge is 0.456 e. The van der Waals surface area contributed by atoms with E-state index in [1.165, 1.54) is 52.9 Å². The van der Waals surface area contributed by atoms with Crippen molar-refractivity contribution in [2.24, 2.45) is 11.8 Å². The lowest BCUT2D eigenvalue weighted by atomic mass is 9.79. The Balaban J connectivity index is 1.26. The van der Waals surface area contributed by atoms with Crippen molar-refractivity contribution in [2.75, 3.05) is 13.2 Å². The van der Waals surface area contributed by atoms with Gasteiger partial charge in [-0.05, 0) is 36.6 Å². The van der Waals surface area contributed by atoms with E-state index in [1.807, 2.05) is 37.3 Å². The number of β-lactam (4-membered cyclic amide) rings is 1. The normalized spacial score (nSPS) is 25.0. The third kappa shape index (κ3) is 6.65. The molecular weight excluding hydrogens is 590 g/mol. The summed E-state index contributed by atoms with van der Waals surface area (Å²) in [6.45, 7) is 5.68. The van der Waals surface area contributed by atoms with Gasteiger partial charge in [0.15, 0.2) is 0 Å². The Hall–Kier alpha value is -3.78. The summed E-state index contributed by atoms with van der Waals surface area (Å²) in [4.78, 5) is 57.2. The highest BCUT2D eigenvalue weighted by Gasteiger charge is 2.60. The number of non-ortho nitro benzene ring substituents is 1. The van der Waals surface area contributed by atoms with Crippen LogP contribution in [-0.2, 0) is 41.9 Å². The van der Waals surface area contributed by atoms with Crippen molar-refractivity contribution >= 4 is 35.2 Å². The molecule has 0 aromatic heterocycles. The second-order valence-electron chi connectivity index (χ2n) is 11.2. The zero-order valence-corrected chi connectivity index (χ0v) is 25.5. The maximum atomic E-state index is 13.5. The van der Waals surface area contributed by atoms with E-state index in [0.29, 0.717) is 23.5 Å². The van der Waals surface area contributed by atoms with Crippen LogP contribution in [-0.4, -0.2) is 74.4 Å². The fraction of sp³-hybridized carbons (Fsp3) is 0.452. The van der Waals surface area contributed by atoms with E-state index < -0.39 is 22.9 Å². The zero-order valence-electron chi connectivity index (χ0n) is 24.7. The Labute approximate surface area is 259 Å². The number of nitrogens with zero attached hydrogens (tertiary/aromatic N) is 3. The molecule has 0 aliphatic carbocycles. The van der Waals surface area contributed by atoms with Crippen LogP contribution in [0.1, 0.15) is 38.3 Å². The van der Waals surface area contributed by atoms with Gasteiger partial charge in [0.05, 0.1) is 42.2 Å². The number of aliphatic hydroxyl groups is 1. The highest BCUT2D eigenvalue weighted by molar-refractivity contribution is 8.03. The molecule has 0 saturated carbocycles. The zero-order chi connectivity index (χ0) is 31.5.